The number of carbonyl (C=O) groups is 3. The topological polar surface area (TPSA) is 95.9 Å². The highest BCUT2D eigenvalue weighted by Crippen LogP contribution is 2.11. The lowest BCUT2D eigenvalue weighted by Gasteiger charge is -2.14. The second-order valence-corrected chi connectivity index (χ2v) is 4.70. The Bertz CT molecular complexity index is 531. The van der Waals surface area contributed by atoms with Crippen molar-refractivity contribution in [2.45, 2.75) is 19.1 Å². The van der Waals surface area contributed by atoms with Crippen LogP contribution in [0.15, 0.2) is 30.3 Å². The Hall–Kier alpha value is -2.57. The van der Waals surface area contributed by atoms with Gasteiger partial charge in [-0.2, -0.15) is 0 Å². The van der Waals surface area contributed by atoms with Crippen LogP contribution in [0.25, 0.3) is 0 Å². The first kappa shape index (κ1) is 14.8. The van der Waals surface area contributed by atoms with E-state index in [4.69, 9.17) is 9.84 Å². The summed E-state index contributed by atoms with van der Waals surface area (Å²) >= 11 is 0. The van der Waals surface area contributed by atoms with Gasteiger partial charge < -0.3 is 20.1 Å². The van der Waals surface area contributed by atoms with Crippen LogP contribution in [0.3, 0.4) is 0 Å². The smallest absolute Gasteiger partial charge is 0.408 e. The normalized spacial score (nSPS) is 17.6. The minimum Gasteiger partial charge on any atom is -0.480 e. The molecule has 0 aliphatic carbocycles. The molecule has 0 spiro atoms. The molecule has 1 fully saturated rings. The van der Waals surface area contributed by atoms with E-state index in [2.05, 4.69) is 5.32 Å². The van der Waals surface area contributed by atoms with Crippen molar-refractivity contribution in [3.05, 3.63) is 35.9 Å². The second kappa shape index (κ2) is 6.74. The summed E-state index contributed by atoms with van der Waals surface area (Å²) in [6.45, 7) is 0.0806. The van der Waals surface area contributed by atoms with Crippen molar-refractivity contribution in [1.29, 1.82) is 0 Å². The average Bonchev–Trinajstić information content (AvgIpc) is 2.79. The van der Waals surface area contributed by atoms with Crippen LogP contribution < -0.4 is 5.32 Å². The van der Waals surface area contributed by atoms with E-state index in [9.17, 15) is 14.4 Å². The van der Waals surface area contributed by atoms with Crippen molar-refractivity contribution in [2.24, 2.45) is 0 Å². The van der Waals surface area contributed by atoms with Gasteiger partial charge in [0.05, 0.1) is 0 Å². The summed E-state index contributed by atoms with van der Waals surface area (Å²) in [6, 6.07) is 8.46. The molecular weight excluding hydrogens is 276 g/mol. The fourth-order valence-corrected chi connectivity index (χ4v) is 2.10. The number of hydrogen-bond acceptors (Lipinski definition) is 4. The molecule has 0 saturated carbocycles. The molecule has 0 radical (unpaired) electrons. The lowest BCUT2D eigenvalue weighted by molar-refractivity contribution is -0.143. The number of rotatable bonds is 5. The third-order valence-electron chi connectivity index (χ3n) is 3.13. The van der Waals surface area contributed by atoms with Crippen molar-refractivity contribution in [2.75, 3.05) is 13.1 Å². The van der Waals surface area contributed by atoms with Gasteiger partial charge in [0.15, 0.2) is 0 Å². The summed E-state index contributed by atoms with van der Waals surface area (Å²) in [5.74, 6) is -1.47. The SMILES string of the molecule is O=C(O)CN1CC[C@H](NC(=O)OCc2ccccc2)C1=O. The Labute approximate surface area is 121 Å². The van der Waals surface area contributed by atoms with E-state index in [1.54, 1.807) is 0 Å². The van der Waals surface area contributed by atoms with Gasteiger partial charge in [-0.25, -0.2) is 4.79 Å². The van der Waals surface area contributed by atoms with Crippen LogP contribution in [0, 0.1) is 0 Å². The molecule has 1 aromatic rings. The first-order valence-corrected chi connectivity index (χ1v) is 6.54. The maximum absolute atomic E-state index is 11.8. The van der Waals surface area contributed by atoms with Gasteiger partial charge in [0.1, 0.15) is 19.2 Å². The van der Waals surface area contributed by atoms with Gasteiger partial charge in [0.2, 0.25) is 5.91 Å². The van der Waals surface area contributed by atoms with E-state index >= 15 is 0 Å². The zero-order chi connectivity index (χ0) is 15.2. The number of carbonyl (C=O) groups excluding carboxylic acids is 2. The molecule has 1 aliphatic rings. The number of carboxylic acids is 1. The third kappa shape index (κ3) is 4.20. The van der Waals surface area contributed by atoms with Crippen LogP contribution in [0.2, 0.25) is 0 Å². The molecule has 7 heteroatoms. The maximum atomic E-state index is 11.8. The van der Waals surface area contributed by atoms with Crippen LogP contribution in [0.4, 0.5) is 4.79 Å². The van der Waals surface area contributed by atoms with Gasteiger partial charge in [-0.05, 0) is 12.0 Å². The lowest BCUT2D eigenvalue weighted by Crippen LogP contribution is -2.42. The van der Waals surface area contributed by atoms with Gasteiger partial charge in [-0.3, -0.25) is 9.59 Å². The molecule has 112 valence electrons. The molecule has 0 bridgehead atoms. The van der Waals surface area contributed by atoms with Crippen LogP contribution in [-0.4, -0.2) is 47.1 Å². The quantitative estimate of drug-likeness (QED) is 0.828. The standard InChI is InChI=1S/C14H16N2O5/c17-12(18)8-16-7-6-11(13(16)19)15-14(20)21-9-10-4-2-1-3-5-10/h1-5,11H,6-9H2,(H,15,20)(H,17,18)/t11-/m0/s1. The van der Waals surface area contributed by atoms with E-state index in [-0.39, 0.29) is 13.2 Å². The summed E-state index contributed by atoms with van der Waals surface area (Å²) in [7, 11) is 0. The molecule has 2 N–H and O–H groups in total. The minimum absolute atomic E-state index is 0.117. The number of alkyl carbamates (subject to hydrolysis) is 1. The van der Waals surface area contributed by atoms with Gasteiger partial charge >= 0.3 is 12.1 Å². The number of carboxylic acid groups (broad SMARTS) is 1. The third-order valence-corrected chi connectivity index (χ3v) is 3.13. The fraction of sp³-hybridized carbons (Fsp3) is 0.357. The molecule has 1 atom stereocenters. The van der Waals surface area contributed by atoms with Crippen molar-refractivity contribution in [3.63, 3.8) is 0 Å². The molecular formula is C14H16N2O5. The van der Waals surface area contributed by atoms with E-state index in [1.165, 1.54) is 4.90 Å². The highest BCUT2D eigenvalue weighted by molar-refractivity contribution is 5.89. The fourth-order valence-electron chi connectivity index (χ4n) is 2.10. The number of hydrogen-bond donors (Lipinski definition) is 2. The lowest BCUT2D eigenvalue weighted by atomic mass is 10.2. The predicted octanol–water partition coefficient (Wildman–Crippen LogP) is 0.598. The predicted molar refractivity (Wildman–Crippen MR) is 72.4 cm³/mol. The van der Waals surface area contributed by atoms with Gasteiger partial charge in [0.25, 0.3) is 0 Å². The van der Waals surface area contributed by atoms with Crippen LogP contribution >= 0.6 is 0 Å². The number of nitrogens with zero attached hydrogens (tertiary/aromatic N) is 1. The molecule has 7 nitrogen and oxygen atoms in total. The van der Waals surface area contributed by atoms with E-state index in [1.807, 2.05) is 30.3 Å². The first-order chi connectivity index (χ1) is 10.1. The number of benzene rings is 1. The van der Waals surface area contributed by atoms with Gasteiger partial charge in [0, 0.05) is 6.54 Å². The monoisotopic (exact) mass is 292 g/mol. The van der Waals surface area contributed by atoms with Crippen molar-refractivity contribution in [3.8, 4) is 0 Å². The van der Waals surface area contributed by atoms with E-state index in [0.29, 0.717) is 13.0 Å². The maximum Gasteiger partial charge on any atom is 0.408 e. The molecule has 21 heavy (non-hydrogen) atoms. The molecule has 0 aromatic heterocycles. The van der Waals surface area contributed by atoms with E-state index in [0.717, 1.165) is 5.56 Å². The number of aliphatic carboxylic acids is 1. The average molecular weight is 292 g/mol. The number of amides is 2. The van der Waals surface area contributed by atoms with Gasteiger partial charge in [-0.15, -0.1) is 0 Å². The van der Waals surface area contributed by atoms with Crippen molar-refractivity contribution >= 4 is 18.0 Å². The van der Waals surface area contributed by atoms with Crippen LogP contribution in [0.1, 0.15) is 12.0 Å². The summed E-state index contributed by atoms with van der Waals surface area (Å²) < 4.78 is 5.02. The Morgan fingerprint density at radius 1 is 1.33 bits per heavy atom. The highest BCUT2D eigenvalue weighted by Gasteiger charge is 2.33. The van der Waals surface area contributed by atoms with Gasteiger partial charge in [-0.1, -0.05) is 30.3 Å². The van der Waals surface area contributed by atoms with Crippen LogP contribution in [-0.2, 0) is 20.9 Å². The Morgan fingerprint density at radius 2 is 2.05 bits per heavy atom. The molecule has 2 rings (SSSR count). The summed E-state index contributed by atoms with van der Waals surface area (Å²) in [5.41, 5.74) is 0.845. The second-order valence-electron chi connectivity index (χ2n) is 4.70. The summed E-state index contributed by atoms with van der Waals surface area (Å²) in [6.07, 6.45) is -0.304. The van der Waals surface area contributed by atoms with E-state index < -0.39 is 24.0 Å². The number of likely N-dealkylation sites (tertiary alicyclic amines) is 1. The highest BCUT2D eigenvalue weighted by atomic mass is 16.5. The zero-order valence-corrected chi connectivity index (χ0v) is 11.3. The molecule has 1 saturated heterocycles. The minimum atomic E-state index is -1.07. The molecule has 1 aliphatic heterocycles. The Balaban J connectivity index is 1.78. The van der Waals surface area contributed by atoms with Crippen molar-refractivity contribution < 1.29 is 24.2 Å². The van der Waals surface area contributed by atoms with Crippen LogP contribution in [0.5, 0.6) is 0 Å². The molecule has 2 amide bonds. The molecule has 1 aromatic carbocycles. The number of nitrogens with one attached hydrogen (secondary N) is 1. The Morgan fingerprint density at radius 3 is 2.71 bits per heavy atom. The Kier molecular flexibility index (Phi) is 4.76. The summed E-state index contributed by atoms with van der Waals surface area (Å²) in [4.78, 5) is 35.3. The zero-order valence-electron chi connectivity index (χ0n) is 11.3. The first-order valence-electron chi connectivity index (χ1n) is 6.54. The molecule has 1 heterocycles. The molecule has 0 unspecified atom stereocenters. The largest absolute Gasteiger partial charge is 0.480 e. The number of ether oxygens (including phenoxy) is 1. The summed E-state index contributed by atoms with van der Waals surface area (Å²) in [5, 5.41) is 11.1. The van der Waals surface area contributed by atoms with Crippen molar-refractivity contribution in [1.82, 2.24) is 10.2 Å².